The van der Waals surface area contributed by atoms with Gasteiger partial charge in [0.1, 0.15) is 0 Å². The van der Waals surface area contributed by atoms with E-state index in [-0.39, 0.29) is 11.8 Å². The molecule has 0 radical (unpaired) electrons. The number of anilines is 1. The SMILES string of the molecule is CCc1ccc(-c2nc(C3CC(=O)N(c4ccc(C)cc4)C3)no2)cc1. The van der Waals surface area contributed by atoms with Crippen LogP contribution in [-0.2, 0) is 11.2 Å². The molecule has 5 nitrogen and oxygen atoms in total. The van der Waals surface area contributed by atoms with Crippen LogP contribution in [-0.4, -0.2) is 22.6 Å². The summed E-state index contributed by atoms with van der Waals surface area (Å²) in [6.45, 7) is 4.73. The Morgan fingerprint density at radius 1 is 1.12 bits per heavy atom. The molecule has 0 spiro atoms. The molecule has 1 aliphatic heterocycles. The number of nitrogens with zero attached hydrogens (tertiary/aromatic N) is 3. The third-order valence-electron chi connectivity index (χ3n) is 4.89. The number of carbonyl (C=O) groups excluding carboxylic acids is 1. The minimum absolute atomic E-state index is 0.0452. The molecule has 2 heterocycles. The van der Waals surface area contributed by atoms with Crippen molar-refractivity contribution in [1.82, 2.24) is 10.1 Å². The highest BCUT2D eigenvalue weighted by Gasteiger charge is 2.34. The Morgan fingerprint density at radius 2 is 1.85 bits per heavy atom. The van der Waals surface area contributed by atoms with Crippen molar-refractivity contribution in [3.05, 3.63) is 65.5 Å². The summed E-state index contributed by atoms with van der Waals surface area (Å²) < 4.78 is 5.44. The van der Waals surface area contributed by atoms with E-state index in [1.807, 2.05) is 43.3 Å². The number of benzene rings is 2. The molecule has 0 N–H and O–H groups in total. The highest BCUT2D eigenvalue weighted by molar-refractivity contribution is 5.96. The fraction of sp³-hybridized carbons (Fsp3) is 0.286. The van der Waals surface area contributed by atoms with Crippen LogP contribution in [0, 0.1) is 6.92 Å². The predicted molar refractivity (Wildman–Crippen MR) is 100 cm³/mol. The summed E-state index contributed by atoms with van der Waals surface area (Å²) in [5, 5.41) is 4.13. The number of carbonyl (C=O) groups is 1. The summed E-state index contributed by atoms with van der Waals surface area (Å²) in [7, 11) is 0. The van der Waals surface area contributed by atoms with Gasteiger partial charge < -0.3 is 9.42 Å². The highest BCUT2D eigenvalue weighted by atomic mass is 16.5. The number of aryl methyl sites for hydroxylation is 2. The van der Waals surface area contributed by atoms with E-state index in [4.69, 9.17) is 4.52 Å². The second-order valence-electron chi connectivity index (χ2n) is 6.75. The minimum Gasteiger partial charge on any atom is -0.334 e. The number of hydrogen-bond donors (Lipinski definition) is 0. The summed E-state index contributed by atoms with van der Waals surface area (Å²) in [5.41, 5.74) is 4.26. The average molecular weight is 347 g/mol. The normalized spacial score (nSPS) is 17.1. The van der Waals surface area contributed by atoms with Gasteiger partial charge in [0, 0.05) is 30.1 Å². The van der Waals surface area contributed by atoms with Crippen molar-refractivity contribution in [3.63, 3.8) is 0 Å². The van der Waals surface area contributed by atoms with E-state index >= 15 is 0 Å². The van der Waals surface area contributed by atoms with E-state index in [1.165, 1.54) is 11.1 Å². The van der Waals surface area contributed by atoms with Crippen molar-refractivity contribution in [2.45, 2.75) is 32.6 Å². The first kappa shape index (κ1) is 16.5. The molecular weight excluding hydrogens is 326 g/mol. The molecular formula is C21H21N3O2. The zero-order valence-corrected chi connectivity index (χ0v) is 15.0. The van der Waals surface area contributed by atoms with Crippen LogP contribution in [0.2, 0.25) is 0 Å². The van der Waals surface area contributed by atoms with Gasteiger partial charge in [0.15, 0.2) is 5.82 Å². The summed E-state index contributed by atoms with van der Waals surface area (Å²) in [6.07, 6.45) is 1.40. The zero-order valence-electron chi connectivity index (χ0n) is 15.0. The quantitative estimate of drug-likeness (QED) is 0.712. The highest BCUT2D eigenvalue weighted by Crippen LogP contribution is 2.31. The average Bonchev–Trinajstić information content (AvgIpc) is 3.29. The zero-order chi connectivity index (χ0) is 18.1. The Hall–Kier alpha value is -2.95. The van der Waals surface area contributed by atoms with Gasteiger partial charge in [0.05, 0.1) is 0 Å². The van der Waals surface area contributed by atoms with Crippen LogP contribution in [0.3, 0.4) is 0 Å². The van der Waals surface area contributed by atoms with Gasteiger partial charge in [-0.15, -0.1) is 0 Å². The maximum absolute atomic E-state index is 12.4. The molecule has 0 aliphatic carbocycles. The van der Waals surface area contributed by atoms with E-state index < -0.39 is 0 Å². The standard InChI is InChI=1S/C21H21N3O2/c1-3-15-6-8-16(9-7-15)21-22-20(23-26-21)17-12-19(25)24(13-17)18-10-4-14(2)5-11-18/h4-11,17H,3,12-13H2,1-2H3. The van der Waals surface area contributed by atoms with E-state index in [0.29, 0.717) is 24.7 Å². The van der Waals surface area contributed by atoms with Crippen LogP contribution in [0.4, 0.5) is 5.69 Å². The molecule has 132 valence electrons. The number of hydrogen-bond acceptors (Lipinski definition) is 4. The molecule has 3 aromatic rings. The smallest absolute Gasteiger partial charge is 0.257 e. The first-order valence-corrected chi connectivity index (χ1v) is 8.94. The van der Waals surface area contributed by atoms with Gasteiger partial charge in [0.2, 0.25) is 5.91 Å². The second kappa shape index (κ2) is 6.75. The lowest BCUT2D eigenvalue weighted by Crippen LogP contribution is -2.24. The van der Waals surface area contributed by atoms with Gasteiger partial charge in [-0.3, -0.25) is 4.79 Å². The summed E-state index contributed by atoms with van der Waals surface area (Å²) in [6, 6.07) is 16.1. The molecule has 1 aliphatic rings. The molecule has 0 bridgehead atoms. The number of rotatable bonds is 4. The fourth-order valence-corrected chi connectivity index (χ4v) is 3.26. The maximum Gasteiger partial charge on any atom is 0.257 e. The number of aromatic nitrogens is 2. The van der Waals surface area contributed by atoms with E-state index in [0.717, 1.165) is 17.7 Å². The van der Waals surface area contributed by atoms with Crippen LogP contribution < -0.4 is 4.90 Å². The molecule has 5 heteroatoms. The molecule has 1 aromatic heterocycles. The Bertz CT molecular complexity index is 913. The van der Waals surface area contributed by atoms with Gasteiger partial charge in [0.25, 0.3) is 5.89 Å². The lowest BCUT2D eigenvalue weighted by molar-refractivity contribution is -0.117. The Morgan fingerprint density at radius 3 is 2.54 bits per heavy atom. The fourth-order valence-electron chi connectivity index (χ4n) is 3.26. The van der Waals surface area contributed by atoms with Crippen molar-refractivity contribution in [1.29, 1.82) is 0 Å². The van der Waals surface area contributed by atoms with Crippen LogP contribution >= 0.6 is 0 Å². The molecule has 26 heavy (non-hydrogen) atoms. The van der Waals surface area contributed by atoms with Crippen molar-refractivity contribution in [3.8, 4) is 11.5 Å². The first-order valence-electron chi connectivity index (χ1n) is 8.94. The van der Waals surface area contributed by atoms with Crippen LogP contribution in [0.25, 0.3) is 11.5 Å². The molecule has 4 rings (SSSR count). The Labute approximate surface area is 152 Å². The minimum atomic E-state index is -0.0452. The van der Waals surface area contributed by atoms with Crippen LogP contribution in [0.5, 0.6) is 0 Å². The molecule has 1 saturated heterocycles. The largest absolute Gasteiger partial charge is 0.334 e. The van der Waals surface area contributed by atoms with Crippen molar-refractivity contribution >= 4 is 11.6 Å². The first-order chi connectivity index (χ1) is 12.6. The summed E-state index contributed by atoms with van der Waals surface area (Å²) in [4.78, 5) is 18.8. The van der Waals surface area contributed by atoms with Gasteiger partial charge in [-0.25, -0.2) is 0 Å². The summed E-state index contributed by atoms with van der Waals surface area (Å²) in [5.74, 6) is 1.15. The predicted octanol–water partition coefficient (Wildman–Crippen LogP) is 4.13. The van der Waals surface area contributed by atoms with Gasteiger partial charge >= 0.3 is 0 Å². The maximum atomic E-state index is 12.4. The van der Waals surface area contributed by atoms with E-state index in [1.54, 1.807) is 4.90 Å². The Kier molecular flexibility index (Phi) is 4.29. The molecule has 2 aromatic carbocycles. The van der Waals surface area contributed by atoms with Gasteiger partial charge in [-0.1, -0.05) is 41.9 Å². The third-order valence-corrected chi connectivity index (χ3v) is 4.89. The van der Waals surface area contributed by atoms with E-state index in [2.05, 4.69) is 29.2 Å². The topological polar surface area (TPSA) is 59.2 Å². The Balaban J connectivity index is 1.52. The third kappa shape index (κ3) is 3.12. The molecule has 1 fully saturated rings. The van der Waals surface area contributed by atoms with Gasteiger partial charge in [-0.2, -0.15) is 4.98 Å². The van der Waals surface area contributed by atoms with Crippen LogP contribution in [0.15, 0.2) is 53.1 Å². The van der Waals surface area contributed by atoms with E-state index in [9.17, 15) is 4.79 Å². The van der Waals surface area contributed by atoms with Crippen LogP contribution in [0.1, 0.15) is 36.2 Å². The lowest BCUT2D eigenvalue weighted by Gasteiger charge is -2.16. The number of amides is 1. The summed E-state index contributed by atoms with van der Waals surface area (Å²) >= 11 is 0. The second-order valence-corrected chi connectivity index (χ2v) is 6.75. The molecule has 0 saturated carbocycles. The monoisotopic (exact) mass is 347 g/mol. The molecule has 1 atom stereocenters. The van der Waals surface area contributed by atoms with Crippen molar-refractivity contribution < 1.29 is 9.32 Å². The molecule has 1 unspecified atom stereocenters. The van der Waals surface area contributed by atoms with Gasteiger partial charge in [-0.05, 0) is 43.2 Å². The van der Waals surface area contributed by atoms with Crippen molar-refractivity contribution in [2.24, 2.45) is 0 Å². The lowest BCUT2D eigenvalue weighted by atomic mass is 10.1. The van der Waals surface area contributed by atoms with Crippen molar-refractivity contribution in [2.75, 3.05) is 11.4 Å². The molecule has 1 amide bonds.